The van der Waals surface area contributed by atoms with Gasteiger partial charge in [-0.1, -0.05) is 0 Å². The zero-order chi connectivity index (χ0) is 23.7. The number of aromatic nitrogens is 1. The van der Waals surface area contributed by atoms with Crippen LogP contribution in [0.1, 0.15) is 23.0 Å². The van der Waals surface area contributed by atoms with Crippen LogP contribution in [0, 0.1) is 5.82 Å². The lowest BCUT2D eigenvalue weighted by molar-refractivity contribution is -0.173. The average molecular weight is 462 g/mol. The Balaban J connectivity index is 1.79. The van der Waals surface area contributed by atoms with Crippen LogP contribution in [0.15, 0.2) is 41.5 Å². The molecule has 0 bridgehead atoms. The Hall–Kier alpha value is -3.51. The number of anilines is 1. The minimum atomic E-state index is -4.54. The van der Waals surface area contributed by atoms with E-state index in [2.05, 4.69) is 20.0 Å². The van der Waals surface area contributed by atoms with Gasteiger partial charge < -0.3 is 20.5 Å². The molecule has 0 saturated heterocycles. The summed E-state index contributed by atoms with van der Waals surface area (Å²) in [4.78, 5) is 19.4. The predicted octanol–water partition coefficient (Wildman–Crippen LogP) is 3.61. The summed E-state index contributed by atoms with van der Waals surface area (Å²) >= 11 is 0. The summed E-state index contributed by atoms with van der Waals surface area (Å²) in [5.41, 5.74) is 2.06. The van der Waals surface area contributed by atoms with E-state index in [9.17, 15) is 31.1 Å². The van der Waals surface area contributed by atoms with E-state index in [0.717, 1.165) is 43.5 Å². The first-order chi connectivity index (χ1) is 14.8. The molecule has 3 rings (SSSR count). The molecule has 2 heterocycles. The second kappa shape index (κ2) is 8.20. The Bertz CT molecular complexity index is 1040. The normalized spacial score (nSPS) is 20.2. The topological polar surface area (TPSA) is 98.8 Å². The number of ether oxygens (including phenoxy) is 2. The van der Waals surface area contributed by atoms with Crippen molar-refractivity contribution in [1.29, 1.82) is 0 Å². The third-order valence-electron chi connectivity index (χ3n) is 4.55. The maximum Gasteiger partial charge on any atom is 0.422 e. The first-order valence-corrected chi connectivity index (χ1v) is 8.94. The zero-order valence-corrected chi connectivity index (χ0v) is 16.3. The van der Waals surface area contributed by atoms with Gasteiger partial charge in [-0.05, 0) is 37.3 Å². The fourth-order valence-corrected chi connectivity index (χ4v) is 2.83. The van der Waals surface area contributed by atoms with E-state index in [1.54, 1.807) is 0 Å². The molecule has 172 valence electrons. The molecule has 0 saturated carbocycles. The van der Waals surface area contributed by atoms with E-state index < -0.39 is 54.2 Å². The molecule has 0 radical (unpaired) electrons. The predicted molar refractivity (Wildman–Crippen MR) is 100 cm³/mol. The number of rotatable bonds is 5. The number of nitrogens with two attached hydrogens (primary N) is 1. The largest absolute Gasteiger partial charge is 0.483 e. The molecule has 1 atom stereocenters. The highest BCUT2D eigenvalue weighted by Gasteiger charge is 2.57. The summed E-state index contributed by atoms with van der Waals surface area (Å²) < 4.78 is 89.4. The third kappa shape index (κ3) is 4.86. The number of nitrogens with one attached hydrogen (secondary N) is 1. The van der Waals surface area contributed by atoms with Crippen LogP contribution in [0.2, 0.25) is 0 Å². The maximum atomic E-state index is 14.5. The molecule has 32 heavy (non-hydrogen) atoms. The van der Waals surface area contributed by atoms with Crippen molar-refractivity contribution in [2.45, 2.75) is 24.6 Å². The maximum absolute atomic E-state index is 14.5. The molecular formula is C19H16F6N4O3. The first-order valence-electron chi connectivity index (χ1n) is 8.94. The van der Waals surface area contributed by atoms with Gasteiger partial charge >= 0.3 is 12.1 Å². The fraction of sp³-hybridized carbons (Fsp3) is 0.316. The number of carbonyl (C=O) groups excluding carboxylic acids is 1. The van der Waals surface area contributed by atoms with Crippen LogP contribution < -0.4 is 15.8 Å². The van der Waals surface area contributed by atoms with Crippen LogP contribution in [-0.2, 0) is 10.3 Å². The number of hydrogen-bond donors (Lipinski definition) is 2. The number of amidine groups is 1. The van der Waals surface area contributed by atoms with Gasteiger partial charge in [-0.2, -0.15) is 22.0 Å². The fourth-order valence-electron chi connectivity index (χ4n) is 2.83. The molecule has 0 fully saturated rings. The Labute approximate surface area is 177 Å². The quantitative estimate of drug-likeness (QED) is 0.662. The van der Waals surface area contributed by atoms with E-state index in [0.29, 0.717) is 0 Å². The molecule has 1 aromatic heterocycles. The van der Waals surface area contributed by atoms with E-state index in [1.807, 2.05) is 0 Å². The third-order valence-corrected chi connectivity index (χ3v) is 4.55. The van der Waals surface area contributed by atoms with Crippen molar-refractivity contribution in [2.75, 3.05) is 18.5 Å². The number of aliphatic imine (C=N–C) groups is 1. The number of benzene rings is 1. The highest BCUT2D eigenvalue weighted by Crippen LogP contribution is 2.44. The highest BCUT2D eigenvalue weighted by atomic mass is 19.4. The van der Waals surface area contributed by atoms with Gasteiger partial charge in [-0.25, -0.2) is 14.4 Å². The molecule has 0 aliphatic carbocycles. The summed E-state index contributed by atoms with van der Waals surface area (Å²) in [6, 6.07) is 4.61. The van der Waals surface area contributed by atoms with Crippen molar-refractivity contribution in [3.8, 4) is 5.75 Å². The van der Waals surface area contributed by atoms with Gasteiger partial charge in [0.25, 0.3) is 11.9 Å². The minimum absolute atomic E-state index is 0.0627. The number of pyridine rings is 1. The van der Waals surface area contributed by atoms with Crippen LogP contribution in [0.3, 0.4) is 0 Å². The van der Waals surface area contributed by atoms with Gasteiger partial charge in [-0.3, -0.25) is 4.79 Å². The van der Waals surface area contributed by atoms with Gasteiger partial charge in [0.15, 0.2) is 6.61 Å². The van der Waals surface area contributed by atoms with Gasteiger partial charge in [0.2, 0.25) is 5.60 Å². The molecule has 0 spiro atoms. The molecule has 1 aromatic carbocycles. The summed E-state index contributed by atoms with van der Waals surface area (Å²) in [5.74, 6) is -5.67. The summed E-state index contributed by atoms with van der Waals surface area (Å²) in [6.45, 7) is -1.60. The lowest BCUT2D eigenvalue weighted by atomic mass is 9.87. The summed E-state index contributed by atoms with van der Waals surface area (Å²) in [5, 5.41) is 2.35. The van der Waals surface area contributed by atoms with Crippen LogP contribution >= 0.6 is 0 Å². The molecule has 0 unspecified atom stereocenters. The molecule has 1 amide bonds. The van der Waals surface area contributed by atoms with Crippen LogP contribution in [0.4, 0.5) is 32.0 Å². The first kappa shape index (κ1) is 23.2. The molecule has 13 heteroatoms. The second-order valence-electron chi connectivity index (χ2n) is 6.93. The van der Waals surface area contributed by atoms with Crippen molar-refractivity contribution >= 4 is 17.6 Å². The van der Waals surface area contributed by atoms with Crippen LogP contribution in [0.25, 0.3) is 0 Å². The number of alkyl halides is 5. The number of halogens is 6. The summed E-state index contributed by atoms with van der Waals surface area (Å²) in [6.07, 6.45) is -3.63. The number of amides is 1. The lowest BCUT2D eigenvalue weighted by Crippen LogP contribution is -2.53. The van der Waals surface area contributed by atoms with Crippen molar-refractivity contribution in [3.63, 3.8) is 0 Å². The van der Waals surface area contributed by atoms with Crippen molar-refractivity contribution < 1.29 is 40.6 Å². The van der Waals surface area contributed by atoms with Gasteiger partial charge in [0.1, 0.15) is 23.8 Å². The van der Waals surface area contributed by atoms with E-state index >= 15 is 0 Å². The van der Waals surface area contributed by atoms with Gasteiger partial charge in [-0.15, -0.1) is 0 Å². The zero-order valence-electron chi connectivity index (χ0n) is 16.3. The molecule has 7 nitrogen and oxygen atoms in total. The molecule has 1 aliphatic rings. The van der Waals surface area contributed by atoms with Gasteiger partial charge in [0, 0.05) is 11.3 Å². The molecule has 2 aromatic rings. The van der Waals surface area contributed by atoms with Crippen molar-refractivity contribution in [3.05, 3.63) is 53.6 Å². The Morgan fingerprint density at radius 1 is 1.28 bits per heavy atom. The molecule has 3 N–H and O–H groups in total. The Kier molecular flexibility index (Phi) is 5.94. The van der Waals surface area contributed by atoms with E-state index in [4.69, 9.17) is 10.5 Å². The van der Waals surface area contributed by atoms with Crippen LogP contribution in [-0.4, -0.2) is 42.2 Å². The smallest absolute Gasteiger partial charge is 0.422 e. The minimum Gasteiger partial charge on any atom is -0.483 e. The lowest BCUT2D eigenvalue weighted by Gasteiger charge is -2.39. The van der Waals surface area contributed by atoms with Gasteiger partial charge in [0.05, 0.1) is 6.20 Å². The van der Waals surface area contributed by atoms with Crippen molar-refractivity contribution in [1.82, 2.24) is 4.98 Å². The molecular weight excluding hydrogens is 446 g/mol. The molecule has 1 aliphatic heterocycles. The van der Waals surface area contributed by atoms with E-state index in [1.165, 1.54) is 0 Å². The Morgan fingerprint density at radius 2 is 2.00 bits per heavy atom. The SMILES string of the molecule is C[C@]1(c2cc(NC(=O)c3ccc(OCC(F)(F)F)cn3)ccc2F)OC(N)=NCC1(F)F. The Morgan fingerprint density at radius 3 is 2.62 bits per heavy atom. The highest BCUT2D eigenvalue weighted by molar-refractivity contribution is 6.02. The average Bonchev–Trinajstić information content (AvgIpc) is 2.71. The second-order valence-corrected chi connectivity index (χ2v) is 6.93. The number of nitrogens with zero attached hydrogens (tertiary/aromatic N) is 2. The standard InChI is InChI=1S/C19H16F6N4O3/c1-17(18(21,22)8-28-16(26)32-17)12-6-10(2-4-13(12)20)29-15(30)14-5-3-11(7-27-14)31-9-19(23,24)25/h2-7H,8-9H2,1H3,(H2,26,28)(H,29,30)/t17-/m1/s1. The number of hydrogen-bond acceptors (Lipinski definition) is 6. The van der Waals surface area contributed by atoms with E-state index in [-0.39, 0.29) is 17.1 Å². The monoisotopic (exact) mass is 462 g/mol. The van der Waals surface area contributed by atoms with Crippen LogP contribution in [0.5, 0.6) is 5.75 Å². The van der Waals surface area contributed by atoms with Crippen molar-refractivity contribution in [2.24, 2.45) is 10.7 Å². The number of carbonyl (C=O) groups is 1. The summed E-state index contributed by atoms with van der Waals surface area (Å²) in [7, 11) is 0.